The molecule has 0 spiro atoms. The second-order valence-electron chi connectivity index (χ2n) is 5.11. The number of carbonyl (C=O) groups is 1. The smallest absolute Gasteiger partial charge is 0.260 e. The van der Waals surface area contributed by atoms with Gasteiger partial charge in [-0.05, 0) is 44.5 Å². The van der Waals surface area contributed by atoms with Crippen molar-refractivity contribution in [1.29, 1.82) is 0 Å². The maximum atomic E-state index is 13.9. The van der Waals surface area contributed by atoms with E-state index in [9.17, 15) is 9.18 Å². The highest BCUT2D eigenvalue weighted by Gasteiger charge is 2.27. The van der Waals surface area contributed by atoms with Gasteiger partial charge in [-0.25, -0.2) is 4.39 Å². The molecule has 0 aliphatic carbocycles. The number of rotatable bonds is 4. The molecule has 1 aromatic rings. The normalized spacial score (nSPS) is 16.2. The minimum atomic E-state index is -0.522. The molecule has 0 bridgehead atoms. The molecule has 0 saturated carbocycles. The van der Waals surface area contributed by atoms with Crippen molar-refractivity contribution in [3.8, 4) is 5.75 Å². The predicted molar refractivity (Wildman–Crippen MR) is 75.5 cm³/mol. The van der Waals surface area contributed by atoms with E-state index in [4.69, 9.17) is 4.74 Å². The molecule has 110 valence electrons. The van der Waals surface area contributed by atoms with E-state index in [-0.39, 0.29) is 11.5 Å². The number of amides is 1. The number of hydrogen-bond acceptors (Lipinski definition) is 3. The fraction of sp³-hybridized carbons (Fsp3) is 0.533. The first-order valence-corrected chi connectivity index (χ1v) is 6.93. The molecule has 4 nitrogen and oxygen atoms in total. The molecule has 0 radical (unpaired) electrons. The van der Waals surface area contributed by atoms with Gasteiger partial charge >= 0.3 is 0 Å². The van der Waals surface area contributed by atoms with Crippen LogP contribution in [-0.4, -0.2) is 44.6 Å². The van der Waals surface area contributed by atoms with E-state index < -0.39 is 5.82 Å². The van der Waals surface area contributed by atoms with Crippen molar-refractivity contribution in [2.75, 3.05) is 33.8 Å². The number of likely N-dealkylation sites (tertiary alicyclic amines) is 1. The quantitative estimate of drug-likeness (QED) is 0.916. The first kappa shape index (κ1) is 14.8. The van der Waals surface area contributed by atoms with Gasteiger partial charge in [0, 0.05) is 13.1 Å². The van der Waals surface area contributed by atoms with Crippen molar-refractivity contribution in [2.45, 2.75) is 12.8 Å². The predicted octanol–water partition coefficient (Wildman–Crippen LogP) is 1.91. The van der Waals surface area contributed by atoms with Gasteiger partial charge in [0.25, 0.3) is 5.91 Å². The average Bonchev–Trinajstić information content (AvgIpc) is 2.47. The molecule has 1 amide bonds. The van der Waals surface area contributed by atoms with E-state index in [0.717, 1.165) is 19.4 Å². The van der Waals surface area contributed by atoms with Crippen LogP contribution in [-0.2, 0) is 0 Å². The highest BCUT2D eigenvalue weighted by atomic mass is 19.1. The van der Waals surface area contributed by atoms with E-state index in [2.05, 4.69) is 5.32 Å². The second-order valence-corrected chi connectivity index (χ2v) is 5.11. The summed E-state index contributed by atoms with van der Waals surface area (Å²) < 4.78 is 19.0. The SMILES string of the molecule is CNCC1CCN(C(=O)c2c(F)cccc2OC)CC1. The fourth-order valence-electron chi connectivity index (χ4n) is 2.67. The third-order valence-electron chi connectivity index (χ3n) is 3.80. The molecule has 0 atom stereocenters. The van der Waals surface area contributed by atoms with Crippen LogP contribution in [0.5, 0.6) is 5.75 Å². The summed E-state index contributed by atoms with van der Waals surface area (Å²) in [5, 5.41) is 3.16. The number of halogens is 1. The van der Waals surface area contributed by atoms with Crippen LogP contribution in [0, 0.1) is 11.7 Å². The van der Waals surface area contributed by atoms with Crippen molar-refractivity contribution < 1.29 is 13.9 Å². The number of carbonyl (C=O) groups excluding carboxylic acids is 1. The van der Waals surface area contributed by atoms with Crippen molar-refractivity contribution in [2.24, 2.45) is 5.92 Å². The van der Waals surface area contributed by atoms with Gasteiger partial charge in [-0.2, -0.15) is 0 Å². The van der Waals surface area contributed by atoms with Gasteiger partial charge in [-0.1, -0.05) is 6.07 Å². The zero-order chi connectivity index (χ0) is 14.5. The summed E-state index contributed by atoms with van der Waals surface area (Å²) in [5.74, 6) is 0.0912. The van der Waals surface area contributed by atoms with Crippen molar-refractivity contribution in [3.05, 3.63) is 29.6 Å². The van der Waals surface area contributed by atoms with Crippen LogP contribution in [0.4, 0.5) is 4.39 Å². The summed E-state index contributed by atoms with van der Waals surface area (Å²) in [6.45, 7) is 2.30. The van der Waals surface area contributed by atoms with Crippen LogP contribution >= 0.6 is 0 Å². The molecule has 20 heavy (non-hydrogen) atoms. The Morgan fingerprint density at radius 2 is 2.15 bits per heavy atom. The van der Waals surface area contributed by atoms with Crippen LogP contribution in [0.15, 0.2) is 18.2 Å². The van der Waals surface area contributed by atoms with Crippen LogP contribution in [0.3, 0.4) is 0 Å². The molecular formula is C15H21FN2O2. The van der Waals surface area contributed by atoms with E-state index in [1.807, 2.05) is 7.05 Å². The Kier molecular flexibility index (Phi) is 4.95. The monoisotopic (exact) mass is 280 g/mol. The molecular weight excluding hydrogens is 259 g/mol. The lowest BCUT2D eigenvalue weighted by Gasteiger charge is -2.32. The lowest BCUT2D eigenvalue weighted by Crippen LogP contribution is -2.40. The van der Waals surface area contributed by atoms with E-state index in [1.165, 1.54) is 13.2 Å². The molecule has 0 aromatic heterocycles. The van der Waals surface area contributed by atoms with E-state index in [0.29, 0.717) is 24.8 Å². The Bertz CT molecular complexity index is 471. The maximum absolute atomic E-state index is 13.9. The van der Waals surface area contributed by atoms with E-state index >= 15 is 0 Å². The molecule has 1 aromatic carbocycles. The molecule has 1 N–H and O–H groups in total. The van der Waals surface area contributed by atoms with Crippen molar-refractivity contribution in [3.63, 3.8) is 0 Å². The van der Waals surface area contributed by atoms with Gasteiger partial charge in [0.05, 0.1) is 7.11 Å². The Labute approximate surface area is 118 Å². The largest absolute Gasteiger partial charge is 0.496 e. The summed E-state index contributed by atoms with van der Waals surface area (Å²) in [6.07, 6.45) is 1.90. The summed E-state index contributed by atoms with van der Waals surface area (Å²) in [4.78, 5) is 14.2. The van der Waals surface area contributed by atoms with Gasteiger partial charge in [-0.15, -0.1) is 0 Å². The van der Waals surface area contributed by atoms with Crippen LogP contribution in [0.2, 0.25) is 0 Å². The van der Waals surface area contributed by atoms with Gasteiger partial charge in [0.2, 0.25) is 0 Å². The summed E-state index contributed by atoms with van der Waals surface area (Å²) in [7, 11) is 3.38. The molecule has 2 rings (SSSR count). The lowest BCUT2D eigenvalue weighted by molar-refractivity contribution is 0.0682. The number of nitrogens with one attached hydrogen (secondary N) is 1. The van der Waals surface area contributed by atoms with Crippen LogP contribution in [0.1, 0.15) is 23.2 Å². The van der Waals surface area contributed by atoms with Gasteiger partial charge < -0.3 is 15.0 Å². The molecule has 1 aliphatic heterocycles. The zero-order valence-corrected chi connectivity index (χ0v) is 12.0. The third kappa shape index (κ3) is 3.10. The summed E-state index contributed by atoms with van der Waals surface area (Å²) in [6, 6.07) is 4.46. The topological polar surface area (TPSA) is 41.6 Å². The average molecular weight is 280 g/mol. The summed E-state index contributed by atoms with van der Waals surface area (Å²) in [5.41, 5.74) is 0.0436. The molecule has 1 heterocycles. The Morgan fingerprint density at radius 3 is 2.75 bits per heavy atom. The number of methoxy groups -OCH3 is 1. The van der Waals surface area contributed by atoms with Crippen molar-refractivity contribution in [1.82, 2.24) is 10.2 Å². The first-order chi connectivity index (χ1) is 9.67. The van der Waals surface area contributed by atoms with Gasteiger partial charge in [-0.3, -0.25) is 4.79 Å². The summed E-state index contributed by atoms with van der Waals surface area (Å²) >= 11 is 0. The highest BCUT2D eigenvalue weighted by Crippen LogP contribution is 2.25. The Morgan fingerprint density at radius 1 is 1.45 bits per heavy atom. The van der Waals surface area contributed by atoms with Crippen molar-refractivity contribution >= 4 is 5.91 Å². The molecule has 5 heteroatoms. The zero-order valence-electron chi connectivity index (χ0n) is 12.0. The van der Waals surface area contributed by atoms with Gasteiger partial charge in [0.15, 0.2) is 0 Å². The van der Waals surface area contributed by atoms with E-state index in [1.54, 1.807) is 17.0 Å². The van der Waals surface area contributed by atoms with Crippen LogP contribution < -0.4 is 10.1 Å². The maximum Gasteiger partial charge on any atom is 0.260 e. The third-order valence-corrected chi connectivity index (χ3v) is 3.80. The number of hydrogen-bond donors (Lipinski definition) is 1. The first-order valence-electron chi connectivity index (χ1n) is 6.93. The molecule has 1 fully saturated rings. The standard InChI is InChI=1S/C15H21FN2O2/c1-17-10-11-6-8-18(9-7-11)15(19)14-12(16)4-3-5-13(14)20-2/h3-5,11,17H,6-10H2,1-2H3. The van der Waals surface area contributed by atoms with Crippen LogP contribution in [0.25, 0.3) is 0 Å². The Hall–Kier alpha value is -1.62. The second kappa shape index (κ2) is 6.70. The Balaban J connectivity index is 2.09. The lowest BCUT2D eigenvalue weighted by atomic mass is 9.96. The number of nitrogens with zero attached hydrogens (tertiary/aromatic N) is 1. The van der Waals surface area contributed by atoms with Gasteiger partial charge in [0.1, 0.15) is 17.1 Å². The number of ether oxygens (including phenoxy) is 1. The molecule has 0 unspecified atom stereocenters. The fourth-order valence-corrected chi connectivity index (χ4v) is 2.67. The number of benzene rings is 1. The molecule has 1 saturated heterocycles. The number of piperidine rings is 1. The minimum absolute atomic E-state index is 0.0436. The highest BCUT2D eigenvalue weighted by molar-refractivity contribution is 5.97. The minimum Gasteiger partial charge on any atom is -0.496 e. The molecule has 1 aliphatic rings.